The molecule has 2 aromatic heterocycles. The second kappa shape index (κ2) is 8.33. The molecule has 2 heterocycles. The van der Waals surface area contributed by atoms with Gasteiger partial charge in [-0.15, -0.1) is 22.7 Å². The van der Waals surface area contributed by atoms with Gasteiger partial charge in [-0.2, -0.15) is 0 Å². The highest BCUT2D eigenvalue weighted by atomic mass is 32.1. The SMILES string of the molecule is COc1ccccc1-c1csc(NC(=O)Cc2csc(-c3ccccc3)n2)n1. The largest absolute Gasteiger partial charge is 0.496 e. The highest BCUT2D eigenvalue weighted by molar-refractivity contribution is 7.14. The van der Waals surface area contributed by atoms with Crippen molar-refractivity contribution in [3.63, 3.8) is 0 Å². The zero-order valence-electron chi connectivity index (χ0n) is 15.1. The van der Waals surface area contributed by atoms with Gasteiger partial charge in [-0.3, -0.25) is 4.79 Å². The third-order valence-electron chi connectivity index (χ3n) is 4.05. The molecule has 0 spiro atoms. The quantitative estimate of drug-likeness (QED) is 0.482. The minimum atomic E-state index is -0.133. The van der Waals surface area contributed by atoms with Crippen LogP contribution in [0.2, 0.25) is 0 Å². The number of ether oxygens (including phenoxy) is 1. The number of thiazole rings is 2. The molecule has 28 heavy (non-hydrogen) atoms. The monoisotopic (exact) mass is 407 g/mol. The molecule has 0 radical (unpaired) electrons. The van der Waals surface area contributed by atoms with E-state index in [-0.39, 0.29) is 12.3 Å². The zero-order chi connectivity index (χ0) is 19.3. The highest BCUT2D eigenvalue weighted by Crippen LogP contribution is 2.32. The van der Waals surface area contributed by atoms with Gasteiger partial charge in [0.1, 0.15) is 10.8 Å². The predicted molar refractivity (Wildman–Crippen MR) is 114 cm³/mol. The average Bonchev–Trinajstić information content (AvgIpc) is 3.38. The van der Waals surface area contributed by atoms with Gasteiger partial charge in [0.25, 0.3) is 0 Å². The van der Waals surface area contributed by atoms with Crippen molar-refractivity contribution in [2.45, 2.75) is 6.42 Å². The van der Waals surface area contributed by atoms with Crippen molar-refractivity contribution >= 4 is 33.7 Å². The number of para-hydroxylation sites is 1. The van der Waals surface area contributed by atoms with E-state index in [0.717, 1.165) is 33.3 Å². The lowest BCUT2D eigenvalue weighted by molar-refractivity contribution is -0.115. The van der Waals surface area contributed by atoms with E-state index < -0.39 is 0 Å². The maximum atomic E-state index is 12.4. The number of nitrogens with zero attached hydrogens (tertiary/aromatic N) is 2. The van der Waals surface area contributed by atoms with Crippen molar-refractivity contribution in [1.29, 1.82) is 0 Å². The summed E-state index contributed by atoms with van der Waals surface area (Å²) in [5.41, 5.74) is 3.48. The Balaban J connectivity index is 1.42. The van der Waals surface area contributed by atoms with Crippen LogP contribution < -0.4 is 10.1 Å². The third-order valence-corrected chi connectivity index (χ3v) is 5.75. The minimum Gasteiger partial charge on any atom is -0.496 e. The van der Waals surface area contributed by atoms with Crippen LogP contribution in [-0.2, 0) is 11.2 Å². The van der Waals surface area contributed by atoms with Crippen molar-refractivity contribution in [3.8, 4) is 27.6 Å². The molecule has 5 nitrogen and oxygen atoms in total. The molecule has 4 rings (SSSR count). The van der Waals surface area contributed by atoms with Gasteiger partial charge < -0.3 is 10.1 Å². The Kier molecular flexibility index (Phi) is 5.45. The van der Waals surface area contributed by atoms with Gasteiger partial charge in [-0.1, -0.05) is 42.5 Å². The Labute approximate surface area is 170 Å². The summed E-state index contributed by atoms with van der Waals surface area (Å²) in [5, 5.41) is 8.16. The summed E-state index contributed by atoms with van der Waals surface area (Å²) in [6.07, 6.45) is 0.215. The Morgan fingerprint density at radius 3 is 2.61 bits per heavy atom. The number of nitrogens with one attached hydrogen (secondary N) is 1. The van der Waals surface area contributed by atoms with E-state index >= 15 is 0 Å². The van der Waals surface area contributed by atoms with Gasteiger partial charge in [0, 0.05) is 21.9 Å². The number of benzene rings is 2. The molecule has 0 fully saturated rings. The van der Waals surface area contributed by atoms with E-state index in [1.54, 1.807) is 7.11 Å². The van der Waals surface area contributed by atoms with E-state index in [9.17, 15) is 4.79 Å². The summed E-state index contributed by atoms with van der Waals surface area (Å²) in [5.74, 6) is 0.618. The lowest BCUT2D eigenvalue weighted by atomic mass is 10.1. The minimum absolute atomic E-state index is 0.133. The van der Waals surface area contributed by atoms with E-state index in [1.165, 1.54) is 22.7 Å². The number of anilines is 1. The molecule has 0 saturated heterocycles. The summed E-state index contributed by atoms with van der Waals surface area (Å²) < 4.78 is 5.38. The van der Waals surface area contributed by atoms with Crippen LogP contribution in [0.4, 0.5) is 5.13 Å². The van der Waals surface area contributed by atoms with Crippen LogP contribution in [0.5, 0.6) is 5.75 Å². The molecular weight excluding hydrogens is 390 g/mol. The first-order valence-electron chi connectivity index (χ1n) is 8.61. The molecule has 0 aliphatic carbocycles. The van der Waals surface area contributed by atoms with Crippen LogP contribution in [-0.4, -0.2) is 23.0 Å². The van der Waals surface area contributed by atoms with Gasteiger partial charge in [0.15, 0.2) is 5.13 Å². The van der Waals surface area contributed by atoms with E-state index in [0.29, 0.717) is 5.13 Å². The lowest BCUT2D eigenvalue weighted by Crippen LogP contribution is -2.14. The molecule has 1 amide bonds. The molecule has 1 N–H and O–H groups in total. The molecule has 7 heteroatoms. The van der Waals surface area contributed by atoms with Crippen molar-refractivity contribution in [1.82, 2.24) is 9.97 Å². The van der Waals surface area contributed by atoms with Crippen molar-refractivity contribution < 1.29 is 9.53 Å². The second-order valence-electron chi connectivity index (χ2n) is 5.97. The van der Waals surface area contributed by atoms with Gasteiger partial charge in [-0.25, -0.2) is 9.97 Å². The van der Waals surface area contributed by atoms with Gasteiger partial charge in [0.05, 0.1) is 24.9 Å². The number of carbonyl (C=O) groups excluding carboxylic acids is 1. The Bertz CT molecular complexity index is 1090. The maximum absolute atomic E-state index is 12.4. The van der Waals surface area contributed by atoms with Crippen LogP contribution in [0, 0.1) is 0 Å². The normalized spacial score (nSPS) is 10.6. The van der Waals surface area contributed by atoms with Gasteiger partial charge >= 0.3 is 0 Å². The third kappa shape index (κ3) is 4.11. The highest BCUT2D eigenvalue weighted by Gasteiger charge is 2.13. The smallest absolute Gasteiger partial charge is 0.232 e. The number of aromatic nitrogens is 2. The van der Waals surface area contributed by atoms with Crippen molar-refractivity contribution in [3.05, 3.63) is 71.1 Å². The Morgan fingerprint density at radius 1 is 1.00 bits per heavy atom. The van der Waals surface area contributed by atoms with Gasteiger partial charge in [-0.05, 0) is 12.1 Å². The van der Waals surface area contributed by atoms with E-state index in [1.807, 2.05) is 65.4 Å². The number of hydrogen-bond donors (Lipinski definition) is 1. The molecule has 0 bridgehead atoms. The fourth-order valence-electron chi connectivity index (χ4n) is 2.74. The van der Waals surface area contributed by atoms with Crippen LogP contribution in [0.15, 0.2) is 65.4 Å². The topological polar surface area (TPSA) is 64.1 Å². The Hall–Kier alpha value is -3.03. The summed E-state index contributed by atoms with van der Waals surface area (Å²) in [7, 11) is 1.63. The first-order valence-corrected chi connectivity index (χ1v) is 10.4. The first kappa shape index (κ1) is 18.3. The fourth-order valence-corrected chi connectivity index (χ4v) is 4.29. The van der Waals surface area contributed by atoms with Crippen LogP contribution in [0.25, 0.3) is 21.8 Å². The van der Waals surface area contributed by atoms with E-state index in [2.05, 4.69) is 15.3 Å². The number of rotatable bonds is 6. The second-order valence-corrected chi connectivity index (χ2v) is 7.69. The van der Waals surface area contributed by atoms with Crippen molar-refractivity contribution in [2.24, 2.45) is 0 Å². The Morgan fingerprint density at radius 2 is 1.79 bits per heavy atom. The number of amides is 1. The standard InChI is InChI=1S/C21H17N3O2S2/c1-26-18-10-6-5-9-16(18)17-13-28-21(23-17)24-19(25)11-15-12-27-20(22-15)14-7-3-2-4-8-14/h2-10,12-13H,11H2,1H3,(H,23,24,25). The summed E-state index contributed by atoms with van der Waals surface area (Å²) >= 11 is 2.93. The summed E-state index contributed by atoms with van der Waals surface area (Å²) in [6.45, 7) is 0. The molecule has 0 aliphatic rings. The maximum Gasteiger partial charge on any atom is 0.232 e. The van der Waals surface area contributed by atoms with E-state index in [4.69, 9.17) is 4.74 Å². The van der Waals surface area contributed by atoms with Crippen molar-refractivity contribution in [2.75, 3.05) is 12.4 Å². The fraction of sp³-hybridized carbons (Fsp3) is 0.0952. The molecular formula is C21H17N3O2S2. The summed E-state index contributed by atoms with van der Waals surface area (Å²) in [6, 6.07) is 17.6. The number of carbonyl (C=O) groups is 1. The predicted octanol–water partition coefficient (Wildman–Crippen LogP) is 5.12. The lowest BCUT2D eigenvalue weighted by Gasteiger charge is -2.05. The van der Waals surface area contributed by atoms with Crippen LogP contribution >= 0.6 is 22.7 Å². The molecule has 2 aromatic carbocycles. The molecule has 0 aliphatic heterocycles. The average molecular weight is 408 g/mol. The van der Waals surface area contributed by atoms with Gasteiger partial charge in [0.2, 0.25) is 5.91 Å². The molecule has 0 atom stereocenters. The number of methoxy groups -OCH3 is 1. The zero-order valence-corrected chi connectivity index (χ0v) is 16.7. The molecule has 140 valence electrons. The van der Waals surface area contributed by atoms with Crippen LogP contribution in [0.3, 0.4) is 0 Å². The molecule has 0 unspecified atom stereocenters. The molecule has 4 aromatic rings. The first-order chi connectivity index (χ1) is 13.7. The molecule has 0 saturated carbocycles. The van der Waals surface area contributed by atoms with Crippen LogP contribution in [0.1, 0.15) is 5.69 Å². The number of hydrogen-bond acceptors (Lipinski definition) is 6. The summed E-state index contributed by atoms with van der Waals surface area (Å²) in [4.78, 5) is 21.5.